The fourth-order valence-electron chi connectivity index (χ4n) is 4.55. The number of ether oxygens (including phenoxy) is 3. The van der Waals surface area contributed by atoms with Crippen molar-refractivity contribution in [2.24, 2.45) is 11.8 Å². The highest BCUT2D eigenvalue weighted by Crippen LogP contribution is 2.45. The minimum absolute atomic E-state index is 0.0142. The Balaban J connectivity index is 1.85. The maximum atomic E-state index is 13.0. The van der Waals surface area contributed by atoms with Crippen LogP contribution in [0.5, 0.6) is 0 Å². The zero-order valence-electron chi connectivity index (χ0n) is 18.9. The van der Waals surface area contributed by atoms with Crippen LogP contribution in [-0.2, 0) is 23.8 Å². The van der Waals surface area contributed by atoms with E-state index in [9.17, 15) is 24.5 Å². The van der Waals surface area contributed by atoms with Gasteiger partial charge in [0.15, 0.2) is 0 Å². The summed E-state index contributed by atoms with van der Waals surface area (Å²) in [6.45, 7) is 9.45. The Kier molecular flexibility index (Phi) is 7.30. The van der Waals surface area contributed by atoms with Gasteiger partial charge >= 0.3 is 17.9 Å². The summed E-state index contributed by atoms with van der Waals surface area (Å²) in [5, 5.41) is 10.9. The summed E-state index contributed by atoms with van der Waals surface area (Å²) in [7, 11) is 0. The predicted molar refractivity (Wildman–Crippen MR) is 117 cm³/mol. The number of nitro benzene ring substituents is 1. The van der Waals surface area contributed by atoms with Crippen LogP contribution < -0.4 is 0 Å². The molecule has 1 saturated heterocycles. The molecule has 2 aliphatic rings. The molecule has 33 heavy (non-hydrogen) atoms. The smallest absolute Gasteiger partial charge is 0.338 e. The number of nitrogens with zero attached hydrogens (tertiary/aromatic N) is 1. The topological polar surface area (TPSA) is 122 Å². The van der Waals surface area contributed by atoms with Gasteiger partial charge in [-0.15, -0.1) is 0 Å². The van der Waals surface area contributed by atoms with Gasteiger partial charge in [0.2, 0.25) is 0 Å². The minimum Gasteiger partial charge on any atom is -0.466 e. The lowest BCUT2D eigenvalue weighted by molar-refractivity contribution is -0.384. The Labute approximate surface area is 191 Å². The van der Waals surface area contributed by atoms with Crippen molar-refractivity contribution in [1.82, 2.24) is 0 Å². The SMILES string of the molecule is C=C1C(=O)O[C@@H]2CC(C)=C([C@@H](C)CCCOC(C)=O)[C@@H](OC(=O)c3ccc([N+](=O)[O-])cc3)[C@H]12. The first-order valence-electron chi connectivity index (χ1n) is 10.8. The van der Waals surface area contributed by atoms with E-state index in [0.717, 1.165) is 11.1 Å². The van der Waals surface area contributed by atoms with Gasteiger partial charge in [0.25, 0.3) is 5.69 Å². The highest BCUT2D eigenvalue weighted by Gasteiger charge is 2.50. The number of carbonyl (C=O) groups is 3. The molecule has 0 spiro atoms. The van der Waals surface area contributed by atoms with Gasteiger partial charge in [0.1, 0.15) is 12.2 Å². The van der Waals surface area contributed by atoms with Crippen molar-refractivity contribution in [1.29, 1.82) is 0 Å². The molecule has 4 atom stereocenters. The summed E-state index contributed by atoms with van der Waals surface area (Å²) in [5.74, 6) is -2.02. The summed E-state index contributed by atoms with van der Waals surface area (Å²) < 4.78 is 16.4. The van der Waals surface area contributed by atoms with Crippen LogP contribution in [0.4, 0.5) is 5.69 Å². The third-order valence-corrected chi connectivity index (χ3v) is 6.12. The van der Waals surface area contributed by atoms with E-state index in [1.54, 1.807) is 0 Å². The molecule has 9 nitrogen and oxygen atoms in total. The van der Waals surface area contributed by atoms with Crippen LogP contribution in [0.1, 0.15) is 50.4 Å². The lowest BCUT2D eigenvalue weighted by Gasteiger charge is -2.37. The number of hydrogen-bond donors (Lipinski definition) is 0. The monoisotopic (exact) mass is 457 g/mol. The molecule has 9 heteroatoms. The van der Waals surface area contributed by atoms with Crippen LogP contribution in [0.15, 0.2) is 47.6 Å². The first-order chi connectivity index (χ1) is 15.6. The van der Waals surface area contributed by atoms with E-state index in [4.69, 9.17) is 14.2 Å². The number of non-ortho nitro benzene ring substituents is 1. The molecule has 1 aliphatic heterocycles. The van der Waals surface area contributed by atoms with Gasteiger partial charge in [-0.05, 0) is 43.4 Å². The Hall–Kier alpha value is -3.49. The summed E-state index contributed by atoms with van der Waals surface area (Å²) in [6, 6.07) is 5.15. The Morgan fingerprint density at radius 1 is 1.30 bits per heavy atom. The van der Waals surface area contributed by atoms with Gasteiger partial charge in [0, 0.05) is 31.1 Å². The van der Waals surface area contributed by atoms with E-state index in [2.05, 4.69) is 6.58 Å². The number of nitro groups is 1. The third kappa shape index (κ3) is 5.30. The van der Waals surface area contributed by atoms with E-state index in [0.29, 0.717) is 25.9 Å². The summed E-state index contributed by atoms with van der Waals surface area (Å²) in [4.78, 5) is 46.5. The van der Waals surface area contributed by atoms with Crippen molar-refractivity contribution < 1.29 is 33.5 Å². The Morgan fingerprint density at radius 2 is 1.97 bits per heavy atom. The van der Waals surface area contributed by atoms with Gasteiger partial charge in [0.05, 0.1) is 23.0 Å². The lowest BCUT2D eigenvalue weighted by Crippen LogP contribution is -2.40. The number of hydrogen-bond acceptors (Lipinski definition) is 8. The second kappa shape index (κ2) is 9.97. The zero-order valence-corrected chi connectivity index (χ0v) is 18.9. The number of esters is 3. The Bertz CT molecular complexity index is 1010. The molecule has 1 aromatic carbocycles. The maximum Gasteiger partial charge on any atom is 0.338 e. The molecule has 0 amide bonds. The van der Waals surface area contributed by atoms with Gasteiger partial charge in [-0.1, -0.05) is 19.1 Å². The van der Waals surface area contributed by atoms with Gasteiger partial charge < -0.3 is 14.2 Å². The van der Waals surface area contributed by atoms with Crippen LogP contribution in [0.25, 0.3) is 0 Å². The molecule has 0 bridgehead atoms. The average Bonchev–Trinajstić information content (AvgIpc) is 3.04. The predicted octanol–water partition coefficient (Wildman–Crippen LogP) is 3.92. The molecule has 0 saturated carbocycles. The van der Waals surface area contributed by atoms with Crippen molar-refractivity contribution in [2.75, 3.05) is 6.61 Å². The second-order valence-electron chi connectivity index (χ2n) is 8.45. The van der Waals surface area contributed by atoms with Crippen molar-refractivity contribution in [3.05, 3.63) is 63.2 Å². The van der Waals surface area contributed by atoms with Crippen LogP contribution in [0, 0.1) is 22.0 Å². The first kappa shape index (κ1) is 24.2. The highest BCUT2D eigenvalue weighted by molar-refractivity contribution is 5.92. The van der Waals surface area contributed by atoms with Gasteiger partial charge in [-0.25, -0.2) is 9.59 Å². The van der Waals surface area contributed by atoms with E-state index >= 15 is 0 Å². The van der Waals surface area contributed by atoms with Crippen molar-refractivity contribution in [3.63, 3.8) is 0 Å². The molecule has 0 aromatic heterocycles. The number of carbonyl (C=O) groups excluding carboxylic acids is 3. The van der Waals surface area contributed by atoms with Crippen LogP contribution in [-0.4, -0.2) is 41.6 Å². The molecule has 0 N–H and O–H groups in total. The molecular formula is C24H27NO8. The molecule has 1 aliphatic carbocycles. The highest BCUT2D eigenvalue weighted by atomic mass is 16.6. The van der Waals surface area contributed by atoms with Crippen molar-refractivity contribution in [2.45, 2.75) is 52.2 Å². The molecule has 176 valence electrons. The molecule has 1 heterocycles. The van der Waals surface area contributed by atoms with Gasteiger partial charge in [-0.2, -0.15) is 0 Å². The molecule has 0 unspecified atom stereocenters. The van der Waals surface area contributed by atoms with Crippen molar-refractivity contribution >= 4 is 23.6 Å². The third-order valence-electron chi connectivity index (χ3n) is 6.12. The summed E-state index contributed by atoms with van der Waals surface area (Å²) in [6.07, 6.45) is 0.616. The van der Waals surface area contributed by atoms with Crippen LogP contribution in [0.2, 0.25) is 0 Å². The molecule has 1 fully saturated rings. The van der Waals surface area contributed by atoms with E-state index in [-0.39, 0.29) is 28.7 Å². The normalized spacial score (nSPS) is 22.9. The summed E-state index contributed by atoms with van der Waals surface area (Å²) in [5.41, 5.74) is 2.16. The number of fused-ring (bicyclic) bond motifs is 1. The quantitative estimate of drug-likeness (QED) is 0.109. The van der Waals surface area contributed by atoms with E-state index in [1.807, 2.05) is 13.8 Å². The molecule has 3 rings (SSSR count). The number of rotatable bonds is 8. The van der Waals surface area contributed by atoms with Crippen molar-refractivity contribution in [3.8, 4) is 0 Å². The fraction of sp³-hybridized carbons (Fsp3) is 0.458. The molecule has 0 radical (unpaired) electrons. The maximum absolute atomic E-state index is 13.0. The average molecular weight is 457 g/mol. The van der Waals surface area contributed by atoms with Crippen LogP contribution >= 0.6 is 0 Å². The lowest BCUT2D eigenvalue weighted by atomic mass is 9.73. The zero-order chi connectivity index (χ0) is 24.3. The minimum atomic E-state index is -0.755. The fourth-order valence-corrected chi connectivity index (χ4v) is 4.55. The number of benzene rings is 1. The van der Waals surface area contributed by atoms with Gasteiger partial charge in [-0.3, -0.25) is 14.9 Å². The standard InChI is InChI=1S/C24H27NO8/c1-13(6-5-11-31-16(4)26)20-14(2)12-19-21(15(3)23(27)32-19)22(20)33-24(28)17-7-9-18(10-8-17)25(29)30/h7-10,13,19,21-22H,3,5-6,11-12H2,1-2,4H3/t13-,19+,21+,22+/m0/s1. The van der Waals surface area contributed by atoms with E-state index < -0.39 is 35.0 Å². The first-order valence-corrected chi connectivity index (χ1v) is 10.8. The molecule has 1 aromatic rings. The summed E-state index contributed by atoms with van der Waals surface area (Å²) >= 11 is 0. The largest absolute Gasteiger partial charge is 0.466 e. The molecular weight excluding hydrogens is 430 g/mol. The Morgan fingerprint density at radius 3 is 2.58 bits per heavy atom. The second-order valence-corrected chi connectivity index (χ2v) is 8.45. The van der Waals surface area contributed by atoms with Crippen LogP contribution in [0.3, 0.4) is 0 Å². The van der Waals surface area contributed by atoms with E-state index in [1.165, 1.54) is 31.2 Å².